The van der Waals surface area contributed by atoms with Crippen LogP contribution in [0.3, 0.4) is 0 Å². The number of thiophene rings is 2. The lowest BCUT2D eigenvalue weighted by atomic mass is 10.0. The highest BCUT2D eigenvalue weighted by Gasteiger charge is 2.23. The molecule has 2 N–H and O–H groups in total. The average molecular weight is 475 g/mol. The molecule has 0 spiro atoms. The Morgan fingerprint density at radius 1 is 1.18 bits per heavy atom. The molecule has 1 amide bonds. The maximum atomic E-state index is 13.0. The van der Waals surface area contributed by atoms with Crippen molar-refractivity contribution in [2.75, 3.05) is 18.4 Å². The molecule has 1 aliphatic rings. The van der Waals surface area contributed by atoms with Gasteiger partial charge in [-0.3, -0.25) is 9.69 Å². The number of likely N-dealkylation sites (tertiary alicyclic amines) is 1. The number of anilines is 2. The number of benzene rings is 1. The molecular formula is C24H22N6OS2. The molecule has 4 aromatic rings. The second kappa shape index (κ2) is 9.67. The van der Waals surface area contributed by atoms with Crippen LogP contribution in [0.1, 0.15) is 33.0 Å². The number of fused-ring (bicyclic) bond motifs is 1. The minimum atomic E-state index is -0.0628. The van der Waals surface area contributed by atoms with Gasteiger partial charge in [-0.2, -0.15) is 5.26 Å². The molecule has 3 aromatic heterocycles. The molecule has 0 radical (unpaired) electrons. The smallest absolute Gasteiger partial charge is 0.261 e. The number of rotatable bonds is 6. The first-order chi connectivity index (χ1) is 16.2. The highest BCUT2D eigenvalue weighted by Crippen LogP contribution is 2.30. The maximum absolute atomic E-state index is 13.0. The van der Waals surface area contributed by atoms with Gasteiger partial charge in [-0.05, 0) is 48.6 Å². The van der Waals surface area contributed by atoms with Crippen LogP contribution >= 0.6 is 22.7 Å². The van der Waals surface area contributed by atoms with Gasteiger partial charge in [0.25, 0.3) is 5.91 Å². The van der Waals surface area contributed by atoms with Gasteiger partial charge < -0.3 is 10.6 Å². The van der Waals surface area contributed by atoms with Gasteiger partial charge in [-0.1, -0.05) is 12.1 Å². The zero-order chi connectivity index (χ0) is 22.6. The Balaban J connectivity index is 1.24. The van der Waals surface area contributed by atoms with Crippen molar-refractivity contribution in [3.8, 4) is 6.07 Å². The van der Waals surface area contributed by atoms with E-state index in [0.717, 1.165) is 48.4 Å². The van der Waals surface area contributed by atoms with Crippen LogP contribution in [-0.4, -0.2) is 39.9 Å². The largest absolute Gasteiger partial charge is 0.349 e. The Kier molecular flexibility index (Phi) is 6.30. The van der Waals surface area contributed by atoms with Crippen molar-refractivity contribution in [3.05, 3.63) is 69.5 Å². The summed E-state index contributed by atoms with van der Waals surface area (Å²) in [7, 11) is 0. The molecule has 33 heavy (non-hydrogen) atoms. The molecule has 0 unspecified atom stereocenters. The number of aromatic nitrogens is 2. The number of hydrogen-bond donors (Lipinski definition) is 2. The van der Waals surface area contributed by atoms with Crippen molar-refractivity contribution in [2.24, 2.45) is 0 Å². The summed E-state index contributed by atoms with van der Waals surface area (Å²) in [6.07, 6.45) is 3.38. The molecule has 5 rings (SSSR count). The molecular weight excluding hydrogens is 452 g/mol. The molecule has 0 atom stereocenters. The Hall–Kier alpha value is -3.32. The molecule has 1 aromatic carbocycles. The van der Waals surface area contributed by atoms with Gasteiger partial charge in [0, 0.05) is 36.2 Å². The lowest BCUT2D eigenvalue weighted by Gasteiger charge is -2.31. The highest BCUT2D eigenvalue weighted by molar-refractivity contribution is 7.20. The van der Waals surface area contributed by atoms with Gasteiger partial charge in [0.1, 0.15) is 17.0 Å². The zero-order valence-electron chi connectivity index (χ0n) is 17.8. The maximum Gasteiger partial charge on any atom is 0.261 e. The number of nitrogens with zero attached hydrogens (tertiary/aromatic N) is 4. The number of nitriles is 1. The zero-order valence-corrected chi connectivity index (χ0v) is 19.5. The first kappa shape index (κ1) is 21.5. The topological polar surface area (TPSA) is 93.9 Å². The van der Waals surface area contributed by atoms with Crippen LogP contribution in [0.4, 0.5) is 11.5 Å². The third kappa shape index (κ3) is 5.03. The van der Waals surface area contributed by atoms with Crippen LogP contribution in [0.25, 0.3) is 10.2 Å². The molecule has 1 aliphatic heterocycles. The first-order valence-corrected chi connectivity index (χ1v) is 12.4. The lowest BCUT2D eigenvalue weighted by Crippen LogP contribution is -2.44. The fourth-order valence-electron chi connectivity index (χ4n) is 3.99. The van der Waals surface area contributed by atoms with Crippen molar-refractivity contribution in [1.82, 2.24) is 20.2 Å². The third-order valence-corrected chi connectivity index (χ3v) is 7.59. The predicted octanol–water partition coefficient (Wildman–Crippen LogP) is 4.76. The number of carbonyl (C=O) groups is 1. The Morgan fingerprint density at radius 2 is 2.06 bits per heavy atom. The van der Waals surface area contributed by atoms with Crippen molar-refractivity contribution in [3.63, 3.8) is 0 Å². The van der Waals surface area contributed by atoms with Gasteiger partial charge in [0.05, 0.1) is 21.9 Å². The SMILES string of the molecule is N#Cc1cccc(Nc2ncnc3sc(C(=O)NC4CCN(Cc5cccs5)CC4)cc23)c1. The monoisotopic (exact) mass is 474 g/mol. The molecule has 166 valence electrons. The quantitative estimate of drug-likeness (QED) is 0.418. The Morgan fingerprint density at radius 3 is 2.85 bits per heavy atom. The summed E-state index contributed by atoms with van der Waals surface area (Å²) in [5, 5.41) is 18.5. The van der Waals surface area contributed by atoms with E-state index in [4.69, 9.17) is 5.26 Å². The second-order valence-corrected chi connectivity index (χ2v) is 10.0. The predicted molar refractivity (Wildman–Crippen MR) is 132 cm³/mol. The van der Waals surface area contributed by atoms with Crippen LogP contribution in [0, 0.1) is 11.3 Å². The number of piperidine rings is 1. The van der Waals surface area contributed by atoms with Gasteiger partial charge in [-0.25, -0.2) is 9.97 Å². The standard InChI is InChI=1S/C24H22N6OS2/c25-13-16-3-1-4-18(11-16)28-22-20-12-21(33-24(20)27-15-26-22)23(31)29-17-6-8-30(9-7-17)14-19-5-2-10-32-19/h1-5,10-12,15,17H,6-9,14H2,(H,29,31)(H,26,27,28). The normalized spacial score (nSPS) is 14.8. The number of nitrogens with one attached hydrogen (secondary N) is 2. The Bertz CT molecular complexity index is 1300. The van der Waals surface area contributed by atoms with E-state index in [1.807, 2.05) is 18.2 Å². The van der Waals surface area contributed by atoms with Crippen molar-refractivity contribution in [1.29, 1.82) is 5.26 Å². The minimum Gasteiger partial charge on any atom is -0.349 e. The lowest BCUT2D eigenvalue weighted by molar-refractivity contribution is 0.0913. The van der Waals surface area contributed by atoms with E-state index in [9.17, 15) is 4.79 Å². The van der Waals surface area contributed by atoms with Gasteiger partial charge >= 0.3 is 0 Å². The van der Waals surface area contributed by atoms with E-state index in [1.54, 1.807) is 23.5 Å². The van der Waals surface area contributed by atoms with Crippen LogP contribution in [0.15, 0.2) is 54.2 Å². The number of carbonyl (C=O) groups excluding carboxylic acids is 1. The summed E-state index contributed by atoms with van der Waals surface area (Å²) >= 11 is 3.16. The fourth-order valence-corrected chi connectivity index (χ4v) is 5.63. The number of amides is 1. The molecule has 0 aliphatic carbocycles. The van der Waals surface area contributed by atoms with Crippen LogP contribution in [0.5, 0.6) is 0 Å². The van der Waals surface area contributed by atoms with Crippen LogP contribution < -0.4 is 10.6 Å². The molecule has 0 bridgehead atoms. The van der Waals surface area contributed by atoms with Crippen molar-refractivity contribution < 1.29 is 4.79 Å². The second-order valence-electron chi connectivity index (χ2n) is 7.97. The molecule has 9 heteroatoms. The molecule has 0 saturated carbocycles. The highest BCUT2D eigenvalue weighted by atomic mass is 32.1. The van der Waals surface area contributed by atoms with Crippen molar-refractivity contribution in [2.45, 2.75) is 25.4 Å². The van der Waals surface area contributed by atoms with Crippen LogP contribution in [-0.2, 0) is 6.54 Å². The molecule has 1 saturated heterocycles. The van der Waals surface area contributed by atoms with Gasteiger partial charge in [-0.15, -0.1) is 22.7 Å². The van der Waals surface area contributed by atoms with Crippen LogP contribution in [0.2, 0.25) is 0 Å². The summed E-state index contributed by atoms with van der Waals surface area (Å²) in [5.41, 5.74) is 1.33. The van der Waals surface area contributed by atoms with E-state index >= 15 is 0 Å². The Labute approximate surface area is 199 Å². The summed E-state index contributed by atoms with van der Waals surface area (Å²) in [6.45, 7) is 2.95. The van der Waals surface area contributed by atoms with E-state index in [0.29, 0.717) is 16.3 Å². The van der Waals surface area contributed by atoms with E-state index in [1.165, 1.54) is 22.5 Å². The van der Waals surface area contributed by atoms with Crippen molar-refractivity contribution >= 4 is 50.3 Å². The summed E-state index contributed by atoms with van der Waals surface area (Å²) in [6, 6.07) is 15.6. The van der Waals surface area contributed by atoms with E-state index in [2.05, 4.69) is 49.1 Å². The summed E-state index contributed by atoms with van der Waals surface area (Å²) in [5.74, 6) is 0.555. The first-order valence-electron chi connectivity index (χ1n) is 10.8. The molecule has 1 fully saturated rings. The summed E-state index contributed by atoms with van der Waals surface area (Å²) in [4.78, 5) is 26.9. The summed E-state index contributed by atoms with van der Waals surface area (Å²) < 4.78 is 0. The van der Waals surface area contributed by atoms with Gasteiger partial charge in [0.15, 0.2) is 0 Å². The van der Waals surface area contributed by atoms with Gasteiger partial charge in [0.2, 0.25) is 0 Å². The molecule has 7 nitrogen and oxygen atoms in total. The molecule has 4 heterocycles. The average Bonchev–Trinajstić information content (AvgIpc) is 3.51. The van der Waals surface area contributed by atoms with E-state index in [-0.39, 0.29) is 11.9 Å². The minimum absolute atomic E-state index is 0.0628. The number of hydrogen-bond acceptors (Lipinski definition) is 8. The third-order valence-electron chi connectivity index (χ3n) is 5.69. The van der Waals surface area contributed by atoms with E-state index < -0.39 is 0 Å². The fraction of sp³-hybridized carbons (Fsp3) is 0.250.